The standard InChI is InChI=1S/C17H19BrN4O2/c1-12-10-16(22-6-8-24-9-7-22)21-15(20-12)11-19-17(23)13-4-2-3-5-14(13)18/h2-5,10H,6-9,11H2,1H3,(H,19,23). The Balaban J connectivity index is 1.70. The molecule has 1 N–H and O–H groups in total. The number of carbonyl (C=O) groups excluding carboxylic acids is 1. The van der Waals surface area contributed by atoms with E-state index in [1.807, 2.05) is 31.2 Å². The second-order valence-corrected chi connectivity index (χ2v) is 6.40. The highest BCUT2D eigenvalue weighted by Crippen LogP contribution is 2.16. The van der Waals surface area contributed by atoms with Gasteiger partial charge in [-0.1, -0.05) is 12.1 Å². The summed E-state index contributed by atoms with van der Waals surface area (Å²) in [6, 6.07) is 9.28. The van der Waals surface area contributed by atoms with E-state index in [0.717, 1.165) is 29.1 Å². The van der Waals surface area contributed by atoms with E-state index in [2.05, 4.69) is 36.1 Å². The van der Waals surface area contributed by atoms with Crippen molar-refractivity contribution in [2.45, 2.75) is 13.5 Å². The average Bonchev–Trinajstić information content (AvgIpc) is 2.60. The maximum atomic E-state index is 12.3. The summed E-state index contributed by atoms with van der Waals surface area (Å²) in [5.74, 6) is 1.34. The zero-order valence-corrected chi connectivity index (χ0v) is 15.0. The molecule has 0 saturated carbocycles. The maximum Gasteiger partial charge on any atom is 0.252 e. The number of hydrogen-bond donors (Lipinski definition) is 1. The lowest BCUT2D eigenvalue weighted by molar-refractivity contribution is 0.0949. The van der Waals surface area contributed by atoms with Crippen molar-refractivity contribution in [1.82, 2.24) is 15.3 Å². The Hall–Kier alpha value is -1.99. The zero-order valence-electron chi connectivity index (χ0n) is 13.5. The van der Waals surface area contributed by atoms with Crippen molar-refractivity contribution in [1.29, 1.82) is 0 Å². The molecule has 0 unspecified atom stereocenters. The molecule has 2 aromatic rings. The van der Waals surface area contributed by atoms with E-state index in [0.29, 0.717) is 31.1 Å². The van der Waals surface area contributed by atoms with Crippen LogP contribution < -0.4 is 10.2 Å². The molecule has 6 nitrogen and oxygen atoms in total. The van der Waals surface area contributed by atoms with Gasteiger partial charge in [-0.15, -0.1) is 0 Å². The van der Waals surface area contributed by atoms with Crippen molar-refractivity contribution < 1.29 is 9.53 Å². The molecule has 1 saturated heterocycles. The third kappa shape index (κ3) is 4.10. The Morgan fingerprint density at radius 3 is 2.79 bits per heavy atom. The van der Waals surface area contributed by atoms with Gasteiger partial charge in [-0.05, 0) is 35.0 Å². The number of nitrogens with zero attached hydrogens (tertiary/aromatic N) is 3. The third-order valence-corrected chi connectivity index (χ3v) is 4.44. The first-order valence-corrected chi connectivity index (χ1v) is 8.63. The molecule has 0 radical (unpaired) electrons. The molecule has 1 amide bonds. The lowest BCUT2D eigenvalue weighted by Gasteiger charge is -2.28. The van der Waals surface area contributed by atoms with E-state index in [-0.39, 0.29) is 5.91 Å². The second kappa shape index (κ2) is 7.72. The van der Waals surface area contributed by atoms with Crippen LogP contribution in [0, 0.1) is 6.92 Å². The summed E-state index contributed by atoms with van der Waals surface area (Å²) in [7, 11) is 0. The van der Waals surface area contributed by atoms with Crippen LogP contribution in [0.2, 0.25) is 0 Å². The Bertz CT molecular complexity index is 732. The summed E-state index contributed by atoms with van der Waals surface area (Å²) in [5.41, 5.74) is 1.48. The van der Waals surface area contributed by atoms with Crippen molar-refractivity contribution in [2.24, 2.45) is 0 Å². The Morgan fingerprint density at radius 1 is 1.29 bits per heavy atom. The second-order valence-electron chi connectivity index (χ2n) is 5.55. The van der Waals surface area contributed by atoms with Crippen LogP contribution in [0.15, 0.2) is 34.8 Å². The van der Waals surface area contributed by atoms with Crippen molar-refractivity contribution in [3.8, 4) is 0 Å². The molecular weight excluding hydrogens is 372 g/mol. The normalized spacial score (nSPS) is 14.5. The molecule has 1 aliphatic rings. The first-order chi connectivity index (χ1) is 11.6. The molecule has 3 rings (SSSR count). The molecule has 126 valence electrons. The molecule has 2 heterocycles. The first-order valence-electron chi connectivity index (χ1n) is 7.83. The van der Waals surface area contributed by atoms with Gasteiger partial charge < -0.3 is 15.0 Å². The molecule has 24 heavy (non-hydrogen) atoms. The fraction of sp³-hybridized carbons (Fsp3) is 0.353. The van der Waals surface area contributed by atoms with Crippen LogP contribution in [0.1, 0.15) is 21.9 Å². The van der Waals surface area contributed by atoms with E-state index in [4.69, 9.17) is 4.74 Å². The number of halogens is 1. The van der Waals surface area contributed by atoms with Crippen molar-refractivity contribution in [2.75, 3.05) is 31.2 Å². The minimum absolute atomic E-state index is 0.152. The van der Waals surface area contributed by atoms with E-state index in [1.165, 1.54) is 0 Å². The fourth-order valence-corrected chi connectivity index (χ4v) is 3.01. The lowest BCUT2D eigenvalue weighted by atomic mass is 10.2. The molecule has 0 spiro atoms. The highest BCUT2D eigenvalue weighted by Gasteiger charge is 2.15. The third-order valence-electron chi connectivity index (χ3n) is 3.75. The van der Waals surface area contributed by atoms with Gasteiger partial charge in [-0.3, -0.25) is 4.79 Å². The molecule has 1 aromatic carbocycles. The Labute approximate surface area is 149 Å². The number of nitrogens with one attached hydrogen (secondary N) is 1. The highest BCUT2D eigenvalue weighted by atomic mass is 79.9. The first kappa shape index (κ1) is 16.9. The number of aromatic nitrogens is 2. The summed E-state index contributed by atoms with van der Waals surface area (Å²) in [6.45, 7) is 5.27. The molecule has 1 aromatic heterocycles. The van der Waals surface area contributed by atoms with Gasteiger partial charge in [0.25, 0.3) is 5.91 Å². The van der Waals surface area contributed by atoms with Crippen LogP contribution in [-0.2, 0) is 11.3 Å². The number of carbonyl (C=O) groups is 1. The average molecular weight is 391 g/mol. The smallest absolute Gasteiger partial charge is 0.252 e. The zero-order chi connectivity index (χ0) is 16.9. The van der Waals surface area contributed by atoms with Gasteiger partial charge in [0.1, 0.15) is 11.6 Å². The van der Waals surface area contributed by atoms with Crippen LogP contribution in [0.4, 0.5) is 5.82 Å². The van der Waals surface area contributed by atoms with Crippen LogP contribution in [-0.4, -0.2) is 42.2 Å². The number of amides is 1. The molecule has 1 aliphatic heterocycles. The van der Waals surface area contributed by atoms with E-state index in [9.17, 15) is 4.79 Å². The molecule has 0 aliphatic carbocycles. The largest absolute Gasteiger partial charge is 0.378 e. The summed E-state index contributed by atoms with van der Waals surface area (Å²) in [5, 5.41) is 2.88. The maximum absolute atomic E-state index is 12.3. The van der Waals surface area contributed by atoms with Gasteiger partial charge in [0.15, 0.2) is 0 Å². The van der Waals surface area contributed by atoms with E-state index >= 15 is 0 Å². The number of aryl methyl sites for hydroxylation is 1. The van der Waals surface area contributed by atoms with Crippen LogP contribution >= 0.6 is 15.9 Å². The van der Waals surface area contributed by atoms with Crippen LogP contribution in [0.3, 0.4) is 0 Å². The van der Waals surface area contributed by atoms with Gasteiger partial charge in [-0.25, -0.2) is 9.97 Å². The molecule has 0 atom stereocenters. The van der Waals surface area contributed by atoms with Crippen LogP contribution in [0.5, 0.6) is 0 Å². The molecule has 1 fully saturated rings. The molecule has 7 heteroatoms. The number of rotatable bonds is 4. The predicted octanol–water partition coefficient (Wildman–Crippen LogP) is 2.31. The van der Waals surface area contributed by atoms with Crippen molar-refractivity contribution in [3.63, 3.8) is 0 Å². The predicted molar refractivity (Wildman–Crippen MR) is 95.1 cm³/mol. The van der Waals surface area contributed by atoms with E-state index in [1.54, 1.807) is 6.07 Å². The fourth-order valence-electron chi connectivity index (χ4n) is 2.55. The Kier molecular flexibility index (Phi) is 5.42. The topological polar surface area (TPSA) is 67.3 Å². The minimum atomic E-state index is -0.152. The monoisotopic (exact) mass is 390 g/mol. The highest BCUT2D eigenvalue weighted by molar-refractivity contribution is 9.10. The summed E-state index contributed by atoms with van der Waals surface area (Å²) >= 11 is 3.39. The number of ether oxygens (including phenoxy) is 1. The Morgan fingerprint density at radius 2 is 2.04 bits per heavy atom. The van der Waals surface area contributed by atoms with Crippen molar-refractivity contribution in [3.05, 3.63) is 51.9 Å². The lowest BCUT2D eigenvalue weighted by Crippen LogP contribution is -2.37. The molecular formula is C17H19BrN4O2. The summed E-state index contributed by atoms with van der Waals surface area (Å²) in [6.07, 6.45) is 0. The van der Waals surface area contributed by atoms with Gasteiger partial charge >= 0.3 is 0 Å². The van der Waals surface area contributed by atoms with Gasteiger partial charge in [0, 0.05) is 29.3 Å². The minimum Gasteiger partial charge on any atom is -0.378 e. The number of benzene rings is 1. The SMILES string of the molecule is Cc1cc(N2CCOCC2)nc(CNC(=O)c2ccccc2Br)n1. The van der Waals surface area contributed by atoms with Gasteiger partial charge in [0.2, 0.25) is 0 Å². The number of hydrogen-bond acceptors (Lipinski definition) is 5. The van der Waals surface area contributed by atoms with Crippen molar-refractivity contribution >= 4 is 27.7 Å². The number of anilines is 1. The van der Waals surface area contributed by atoms with E-state index < -0.39 is 0 Å². The summed E-state index contributed by atoms with van der Waals surface area (Å²) < 4.78 is 6.14. The summed E-state index contributed by atoms with van der Waals surface area (Å²) in [4.78, 5) is 23.5. The van der Waals surface area contributed by atoms with Gasteiger partial charge in [0.05, 0.1) is 25.3 Å². The molecule has 0 bridgehead atoms. The van der Waals surface area contributed by atoms with Gasteiger partial charge in [-0.2, -0.15) is 0 Å². The number of morpholine rings is 1. The quantitative estimate of drug-likeness (QED) is 0.867. The van der Waals surface area contributed by atoms with Crippen LogP contribution in [0.25, 0.3) is 0 Å².